The molecule has 1 aromatic heterocycles. The molecule has 28 heavy (non-hydrogen) atoms. The molecule has 3 rings (SSSR count). The number of carboxylic acids is 1. The number of aryl methyl sites for hydroxylation is 1. The van der Waals surface area contributed by atoms with Crippen LogP contribution in [0, 0.1) is 6.92 Å². The lowest BCUT2D eigenvalue weighted by atomic mass is 9.94. The molecule has 0 saturated heterocycles. The standard InChI is InChI=1S/C21H21N3O4/c1-13-3-5-15(6-4-13)14(2)19(25)20(26)22-16-7-9-17(10-8-16)24-12-11-18(23-24)21(27)28/h3-12,14,19,25H,1-2H3,(H,22,26)(H,27,28). The van der Waals surface area contributed by atoms with Gasteiger partial charge in [0.1, 0.15) is 6.10 Å². The van der Waals surface area contributed by atoms with Crippen molar-refractivity contribution in [1.82, 2.24) is 9.78 Å². The normalized spacial score (nSPS) is 13.0. The van der Waals surface area contributed by atoms with Crippen molar-refractivity contribution in [3.8, 4) is 5.69 Å². The highest BCUT2D eigenvalue weighted by Crippen LogP contribution is 2.21. The molecule has 0 spiro atoms. The number of aromatic nitrogens is 2. The molecule has 0 fully saturated rings. The van der Waals surface area contributed by atoms with E-state index in [0.717, 1.165) is 11.1 Å². The van der Waals surface area contributed by atoms with Gasteiger partial charge in [0.05, 0.1) is 5.69 Å². The van der Waals surface area contributed by atoms with Crippen LogP contribution in [-0.4, -0.2) is 38.0 Å². The van der Waals surface area contributed by atoms with Gasteiger partial charge in [0.25, 0.3) is 5.91 Å². The third kappa shape index (κ3) is 4.27. The molecule has 144 valence electrons. The Morgan fingerprint density at radius 3 is 2.25 bits per heavy atom. The first kappa shape index (κ1) is 19.3. The summed E-state index contributed by atoms with van der Waals surface area (Å²) in [5.74, 6) is -1.94. The number of nitrogens with zero attached hydrogens (tertiary/aromatic N) is 2. The number of carbonyl (C=O) groups excluding carboxylic acids is 1. The number of anilines is 1. The van der Waals surface area contributed by atoms with E-state index in [1.165, 1.54) is 10.7 Å². The number of aromatic carboxylic acids is 1. The van der Waals surface area contributed by atoms with Crippen LogP contribution in [0.4, 0.5) is 5.69 Å². The topological polar surface area (TPSA) is 104 Å². The molecule has 0 aliphatic heterocycles. The number of hydrogen-bond donors (Lipinski definition) is 3. The number of aliphatic hydroxyl groups excluding tert-OH is 1. The molecule has 2 atom stereocenters. The van der Waals surface area contributed by atoms with Crippen LogP contribution in [0.1, 0.15) is 34.5 Å². The summed E-state index contributed by atoms with van der Waals surface area (Å²) in [6, 6.07) is 15.8. The third-order valence-electron chi connectivity index (χ3n) is 4.55. The molecule has 0 saturated carbocycles. The van der Waals surface area contributed by atoms with E-state index < -0.39 is 18.0 Å². The second-order valence-electron chi connectivity index (χ2n) is 6.63. The Labute approximate surface area is 162 Å². The van der Waals surface area contributed by atoms with E-state index in [9.17, 15) is 14.7 Å². The number of hydrogen-bond acceptors (Lipinski definition) is 4. The second kappa shape index (κ2) is 8.06. The summed E-state index contributed by atoms with van der Waals surface area (Å²) in [5.41, 5.74) is 3.12. The van der Waals surface area contributed by atoms with Gasteiger partial charge in [-0.05, 0) is 42.8 Å². The predicted molar refractivity (Wildman–Crippen MR) is 105 cm³/mol. The highest BCUT2D eigenvalue weighted by atomic mass is 16.4. The average molecular weight is 379 g/mol. The number of amides is 1. The zero-order chi connectivity index (χ0) is 20.3. The minimum Gasteiger partial charge on any atom is -0.476 e. The summed E-state index contributed by atoms with van der Waals surface area (Å²) < 4.78 is 1.43. The van der Waals surface area contributed by atoms with E-state index in [1.54, 1.807) is 37.4 Å². The highest BCUT2D eigenvalue weighted by molar-refractivity contribution is 5.94. The monoisotopic (exact) mass is 379 g/mol. The Hall–Kier alpha value is -3.45. The zero-order valence-electron chi connectivity index (χ0n) is 15.5. The van der Waals surface area contributed by atoms with Gasteiger partial charge in [0, 0.05) is 17.8 Å². The summed E-state index contributed by atoms with van der Waals surface area (Å²) in [5, 5.41) is 26.0. The van der Waals surface area contributed by atoms with E-state index in [2.05, 4.69) is 10.4 Å². The van der Waals surface area contributed by atoms with Crippen molar-refractivity contribution < 1.29 is 19.8 Å². The number of aliphatic hydroxyl groups is 1. The fourth-order valence-electron chi connectivity index (χ4n) is 2.77. The summed E-state index contributed by atoms with van der Waals surface area (Å²) in [7, 11) is 0. The van der Waals surface area contributed by atoms with Crippen molar-refractivity contribution in [3.63, 3.8) is 0 Å². The Balaban J connectivity index is 1.66. The first-order valence-electron chi connectivity index (χ1n) is 8.80. The first-order valence-corrected chi connectivity index (χ1v) is 8.80. The second-order valence-corrected chi connectivity index (χ2v) is 6.63. The molecule has 3 N–H and O–H groups in total. The molecule has 0 radical (unpaired) electrons. The number of benzene rings is 2. The van der Waals surface area contributed by atoms with Crippen LogP contribution in [0.5, 0.6) is 0 Å². The van der Waals surface area contributed by atoms with Gasteiger partial charge >= 0.3 is 5.97 Å². The first-order chi connectivity index (χ1) is 13.3. The van der Waals surface area contributed by atoms with Gasteiger partial charge in [-0.15, -0.1) is 0 Å². The molecule has 0 aliphatic carbocycles. The Morgan fingerprint density at radius 2 is 1.68 bits per heavy atom. The van der Waals surface area contributed by atoms with Crippen molar-refractivity contribution in [2.75, 3.05) is 5.32 Å². The van der Waals surface area contributed by atoms with Gasteiger partial charge < -0.3 is 15.5 Å². The van der Waals surface area contributed by atoms with E-state index in [1.807, 2.05) is 31.2 Å². The van der Waals surface area contributed by atoms with Crippen molar-refractivity contribution in [1.29, 1.82) is 0 Å². The van der Waals surface area contributed by atoms with Crippen LogP contribution in [0.2, 0.25) is 0 Å². The average Bonchev–Trinajstić information content (AvgIpc) is 3.18. The van der Waals surface area contributed by atoms with Crippen molar-refractivity contribution in [2.45, 2.75) is 25.9 Å². The Bertz CT molecular complexity index is 978. The summed E-state index contributed by atoms with van der Waals surface area (Å²) >= 11 is 0. The lowest BCUT2D eigenvalue weighted by molar-refractivity contribution is -0.124. The predicted octanol–water partition coefficient (Wildman–Crippen LogP) is 2.98. The van der Waals surface area contributed by atoms with E-state index in [4.69, 9.17) is 5.11 Å². The molecule has 2 aromatic carbocycles. The SMILES string of the molecule is Cc1ccc(C(C)C(O)C(=O)Nc2ccc(-n3ccc(C(=O)O)n3)cc2)cc1. The number of nitrogens with one attached hydrogen (secondary N) is 1. The largest absolute Gasteiger partial charge is 0.476 e. The van der Waals surface area contributed by atoms with Crippen LogP contribution < -0.4 is 5.32 Å². The van der Waals surface area contributed by atoms with Gasteiger partial charge in [-0.25, -0.2) is 9.48 Å². The van der Waals surface area contributed by atoms with Gasteiger partial charge in [0.15, 0.2) is 5.69 Å². The molecule has 3 aromatic rings. The lowest BCUT2D eigenvalue weighted by Crippen LogP contribution is -2.32. The molecule has 0 aliphatic rings. The molecule has 7 heteroatoms. The lowest BCUT2D eigenvalue weighted by Gasteiger charge is -2.19. The van der Waals surface area contributed by atoms with Crippen LogP contribution in [0.15, 0.2) is 60.8 Å². The van der Waals surface area contributed by atoms with Crippen LogP contribution in [-0.2, 0) is 4.79 Å². The quantitative estimate of drug-likeness (QED) is 0.611. The van der Waals surface area contributed by atoms with Gasteiger partial charge in [0.2, 0.25) is 0 Å². The number of carboxylic acid groups (broad SMARTS) is 1. The maximum absolute atomic E-state index is 12.4. The molecule has 0 bridgehead atoms. The van der Waals surface area contributed by atoms with Crippen LogP contribution in [0.25, 0.3) is 5.69 Å². The smallest absolute Gasteiger partial charge is 0.356 e. The zero-order valence-corrected chi connectivity index (χ0v) is 15.5. The van der Waals surface area contributed by atoms with Crippen molar-refractivity contribution in [3.05, 3.63) is 77.6 Å². The van der Waals surface area contributed by atoms with Gasteiger partial charge in [-0.2, -0.15) is 5.10 Å². The Morgan fingerprint density at radius 1 is 1.04 bits per heavy atom. The minimum atomic E-state index is -1.19. The minimum absolute atomic E-state index is 0.0504. The molecular formula is C21H21N3O4. The van der Waals surface area contributed by atoms with Crippen LogP contribution >= 0.6 is 0 Å². The van der Waals surface area contributed by atoms with Crippen LogP contribution in [0.3, 0.4) is 0 Å². The molecule has 1 heterocycles. The molecule has 2 unspecified atom stereocenters. The molecule has 7 nitrogen and oxygen atoms in total. The summed E-state index contributed by atoms with van der Waals surface area (Å²) in [4.78, 5) is 23.3. The summed E-state index contributed by atoms with van der Waals surface area (Å²) in [6.07, 6.45) is 0.357. The van der Waals surface area contributed by atoms with E-state index in [0.29, 0.717) is 11.4 Å². The maximum atomic E-state index is 12.4. The third-order valence-corrected chi connectivity index (χ3v) is 4.55. The number of carbonyl (C=O) groups is 2. The van der Waals surface area contributed by atoms with Gasteiger partial charge in [-0.3, -0.25) is 4.79 Å². The van der Waals surface area contributed by atoms with E-state index in [-0.39, 0.29) is 11.6 Å². The highest BCUT2D eigenvalue weighted by Gasteiger charge is 2.23. The van der Waals surface area contributed by atoms with E-state index >= 15 is 0 Å². The van der Waals surface area contributed by atoms with Gasteiger partial charge in [-0.1, -0.05) is 36.8 Å². The van der Waals surface area contributed by atoms with Crippen molar-refractivity contribution in [2.24, 2.45) is 0 Å². The Kier molecular flexibility index (Phi) is 5.56. The number of rotatable bonds is 6. The molecule has 1 amide bonds. The van der Waals surface area contributed by atoms with Crippen molar-refractivity contribution >= 4 is 17.6 Å². The fourth-order valence-corrected chi connectivity index (χ4v) is 2.77. The molecular weight excluding hydrogens is 358 g/mol. The maximum Gasteiger partial charge on any atom is 0.356 e. The fraction of sp³-hybridized carbons (Fsp3) is 0.190. The summed E-state index contributed by atoms with van der Waals surface area (Å²) in [6.45, 7) is 3.78.